The van der Waals surface area contributed by atoms with Crippen LogP contribution in [0.1, 0.15) is 78.4 Å². The maximum Gasteiger partial charge on any atom is 0.339 e. The molecule has 1 aromatic heterocycles. The molecule has 2 saturated carbocycles. The molecule has 0 bridgehead atoms. The third-order valence-electron chi connectivity index (χ3n) is 10.4. The molecule has 1 aromatic rings. The van der Waals surface area contributed by atoms with Crippen LogP contribution in [0.4, 0.5) is 0 Å². The quantitative estimate of drug-likeness (QED) is 0.463. The van der Waals surface area contributed by atoms with Crippen LogP contribution in [0.2, 0.25) is 0 Å². The smallest absolute Gasteiger partial charge is 0.339 e. The first-order valence-electron chi connectivity index (χ1n) is 12.1. The van der Waals surface area contributed by atoms with E-state index in [4.69, 9.17) is 18.6 Å². The average Bonchev–Trinajstić information content (AvgIpc) is 3.33. The second-order valence-corrected chi connectivity index (χ2v) is 12.1. The summed E-state index contributed by atoms with van der Waals surface area (Å²) in [7, 11) is 0. The summed E-state index contributed by atoms with van der Waals surface area (Å²) in [6.45, 7) is 10.2. The Kier molecular flexibility index (Phi) is 3.95. The topological polar surface area (TPSA) is 95.3 Å². The molecule has 178 valence electrons. The van der Waals surface area contributed by atoms with Crippen LogP contribution < -0.4 is 0 Å². The van der Waals surface area contributed by atoms with Crippen molar-refractivity contribution in [2.45, 2.75) is 90.1 Å². The fourth-order valence-electron chi connectivity index (χ4n) is 8.90. The number of cyclic esters (lactones) is 2. The minimum Gasteiger partial charge on any atom is -0.472 e. The normalized spacial score (nSPS) is 50.0. The van der Waals surface area contributed by atoms with Gasteiger partial charge in [0.15, 0.2) is 6.10 Å². The standard InChI is InChI=1S/C26H32O7/c1-22(2)16-12-17(27)25(5)15(23(16,3)9-7-18(28)32-22)6-10-24(4)19(14-8-11-30-13-14)31-21(29)20-26(24,25)33-20/h8,11,13,15-16,19-20H,6-7,9-10,12H2,1-5H3/t15-,16+,19+,20-,23-,24+,25+,26-/m1/s1. The molecule has 1 spiro atoms. The van der Waals surface area contributed by atoms with Crippen molar-refractivity contribution in [1.29, 1.82) is 0 Å². The second kappa shape index (κ2) is 6.09. The molecular formula is C26H32O7. The van der Waals surface area contributed by atoms with Gasteiger partial charge in [-0.05, 0) is 57.4 Å². The molecule has 4 heterocycles. The number of fused-ring (bicyclic) bond motifs is 3. The molecule has 7 nitrogen and oxygen atoms in total. The highest BCUT2D eigenvalue weighted by Crippen LogP contribution is 2.78. The largest absolute Gasteiger partial charge is 0.472 e. The van der Waals surface area contributed by atoms with Crippen molar-refractivity contribution in [2.24, 2.45) is 28.1 Å². The molecule has 0 radical (unpaired) electrons. The van der Waals surface area contributed by atoms with Gasteiger partial charge in [0, 0.05) is 29.7 Å². The van der Waals surface area contributed by atoms with Crippen molar-refractivity contribution in [3.8, 4) is 0 Å². The van der Waals surface area contributed by atoms with Crippen LogP contribution in [0.3, 0.4) is 0 Å². The lowest BCUT2D eigenvalue weighted by Gasteiger charge is -2.65. The van der Waals surface area contributed by atoms with E-state index in [1.165, 1.54) is 0 Å². The van der Waals surface area contributed by atoms with E-state index in [1.54, 1.807) is 12.5 Å². The van der Waals surface area contributed by atoms with E-state index in [1.807, 2.05) is 26.8 Å². The Hall–Kier alpha value is -2.15. The Balaban J connectivity index is 1.51. The van der Waals surface area contributed by atoms with Gasteiger partial charge in [0.25, 0.3) is 0 Å². The number of ether oxygens (including phenoxy) is 3. The minimum atomic E-state index is -0.924. The van der Waals surface area contributed by atoms with Gasteiger partial charge in [-0.3, -0.25) is 9.59 Å². The number of Topliss-reactive ketones (excluding diaryl/α,β-unsaturated/α-hetero) is 1. The molecule has 33 heavy (non-hydrogen) atoms. The summed E-state index contributed by atoms with van der Waals surface area (Å²) in [5, 5.41) is 0. The zero-order valence-electron chi connectivity index (χ0n) is 19.9. The monoisotopic (exact) mass is 456 g/mol. The predicted molar refractivity (Wildman–Crippen MR) is 115 cm³/mol. The molecule has 5 fully saturated rings. The number of carbonyl (C=O) groups excluding carboxylic acids is 3. The van der Waals surface area contributed by atoms with Crippen molar-refractivity contribution < 1.29 is 33.0 Å². The first-order chi connectivity index (χ1) is 15.4. The van der Waals surface area contributed by atoms with Crippen molar-refractivity contribution in [1.82, 2.24) is 0 Å². The van der Waals surface area contributed by atoms with Gasteiger partial charge >= 0.3 is 11.9 Å². The van der Waals surface area contributed by atoms with Gasteiger partial charge in [0.2, 0.25) is 0 Å². The van der Waals surface area contributed by atoms with Crippen LogP contribution in [0.15, 0.2) is 23.0 Å². The van der Waals surface area contributed by atoms with E-state index >= 15 is 0 Å². The number of hydrogen-bond donors (Lipinski definition) is 0. The highest BCUT2D eigenvalue weighted by molar-refractivity contribution is 5.93. The van der Waals surface area contributed by atoms with E-state index in [2.05, 4.69) is 13.8 Å². The van der Waals surface area contributed by atoms with Gasteiger partial charge in [-0.25, -0.2) is 4.79 Å². The van der Waals surface area contributed by atoms with Crippen molar-refractivity contribution in [3.63, 3.8) is 0 Å². The van der Waals surface area contributed by atoms with Crippen LogP contribution in [0.5, 0.6) is 0 Å². The Labute approximate surface area is 193 Å². The highest BCUT2D eigenvalue weighted by Gasteiger charge is 2.88. The molecule has 7 heteroatoms. The number of carbonyl (C=O) groups is 3. The van der Waals surface area contributed by atoms with Gasteiger partial charge < -0.3 is 18.6 Å². The SMILES string of the molecule is CC1(C)OC(=O)CC[C@]2(C)[C@H]3CC[C@@]4(C)[C@H](c5ccoc5)OC(=O)[C@H]5O[C@]54[C@]3(C)C(=O)C[C@@H]12. The number of ketones is 1. The number of esters is 2. The molecule has 5 aliphatic rings. The third-order valence-corrected chi connectivity index (χ3v) is 10.4. The Morgan fingerprint density at radius 3 is 2.42 bits per heavy atom. The number of epoxide rings is 1. The molecule has 3 saturated heterocycles. The highest BCUT2D eigenvalue weighted by atomic mass is 16.7. The lowest BCUT2D eigenvalue weighted by Crippen LogP contribution is -2.71. The second-order valence-electron chi connectivity index (χ2n) is 12.1. The fourth-order valence-corrected chi connectivity index (χ4v) is 8.90. The van der Waals surface area contributed by atoms with Gasteiger partial charge in [-0.15, -0.1) is 0 Å². The molecule has 0 amide bonds. The molecular weight excluding hydrogens is 424 g/mol. The molecule has 0 N–H and O–H groups in total. The molecule has 0 aromatic carbocycles. The van der Waals surface area contributed by atoms with Gasteiger partial charge in [-0.1, -0.05) is 13.8 Å². The zero-order chi connectivity index (χ0) is 23.6. The van der Waals surface area contributed by atoms with E-state index < -0.39 is 40.2 Å². The zero-order valence-corrected chi connectivity index (χ0v) is 19.9. The van der Waals surface area contributed by atoms with Gasteiger partial charge in [0.05, 0.1) is 17.9 Å². The maximum atomic E-state index is 14.2. The molecule has 2 aliphatic carbocycles. The van der Waals surface area contributed by atoms with E-state index in [0.717, 1.165) is 18.4 Å². The Morgan fingerprint density at radius 2 is 1.73 bits per heavy atom. The average molecular weight is 457 g/mol. The van der Waals surface area contributed by atoms with Crippen LogP contribution in [-0.4, -0.2) is 35.0 Å². The van der Waals surface area contributed by atoms with Crippen LogP contribution in [0, 0.1) is 28.1 Å². The maximum absolute atomic E-state index is 14.2. The van der Waals surface area contributed by atoms with Crippen LogP contribution in [0.25, 0.3) is 0 Å². The fraction of sp³-hybridized carbons (Fsp3) is 0.731. The summed E-state index contributed by atoms with van der Waals surface area (Å²) in [5.41, 5.74) is -2.58. The van der Waals surface area contributed by atoms with E-state index in [-0.39, 0.29) is 29.0 Å². The first-order valence-corrected chi connectivity index (χ1v) is 12.1. The van der Waals surface area contributed by atoms with Gasteiger partial charge in [-0.2, -0.15) is 0 Å². The van der Waals surface area contributed by atoms with E-state index in [9.17, 15) is 14.4 Å². The summed E-state index contributed by atoms with van der Waals surface area (Å²) in [4.78, 5) is 39.7. The Bertz CT molecular complexity index is 1060. The summed E-state index contributed by atoms with van der Waals surface area (Å²) >= 11 is 0. The molecule has 3 aliphatic heterocycles. The van der Waals surface area contributed by atoms with Crippen molar-refractivity contribution in [3.05, 3.63) is 24.2 Å². The first kappa shape index (κ1) is 21.4. The van der Waals surface area contributed by atoms with Crippen molar-refractivity contribution >= 4 is 17.7 Å². The molecule has 0 unspecified atom stereocenters. The molecule has 6 rings (SSSR count). The summed E-state index contributed by atoms with van der Waals surface area (Å²) in [6, 6.07) is 1.82. The number of rotatable bonds is 1. The minimum absolute atomic E-state index is 0.0287. The lowest BCUT2D eigenvalue weighted by atomic mass is 9.37. The Morgan fingerprint density at radius 1 is 0.970 bits per heavy atom. The summed E-state index contributed by atoms with van der Waals surface area (Å²) < 4.78 is 23.4. The third kappa shape index (κ3) is 2.28. The lowest BCUT2D eigenvalue weighted by molar-refractivity contribution is -0.220. The molecule has 8 atom stereocenters. The van der Waals surface area contributed by atoms with Crippen LogP contribution >= 0.6 is 0 Å². The van der Waals surface area contributed by atoms with Crippen LogP contribution in [-0.2, 0) is 28.6 Å². The van der Waals surface area contributed by atoms with E-state index in [0.29, 0.717) is 19.3 Å². The number of furan rings is 1. The number of hydrogen-bond acceptors (Lipinski definition) is 7. The predicted octanol–water partition coefficient (Wildman–Crippen LogP) is 4.15. The van der Waals surface area contributed by atoms with Gasteiger partial charge in [0.1, 0.15) is 23.1 Å². The summed E-state index contributed by atoms with van der Waals surface area (Å²) in [6.07, 6.45) is 4.78. The van der Waals surface area contributed by atoms with Crippen molar-refractivity contribution in [2.75, 3.05) is 0 Å². The summed E-state index contributed by atoms with van der Waals surface area (Å²) in [5.74, 6) is -0.611.